The van der Waals surface area contributed by atoms with Gasteiger partial charge in [-0.2, -0.15) is 0 Å². The van der Waals surface area contributed by atoms with E-state index in [0.717, 1.165) is 0 Å². The number of ether oxygens (including phenoxy) is 4. The highest BCUT2D eigenvalue weighted by Gasteiger charge is 2.51. The molecule has 1 aliphatic rings. The van der Waals surface area contributed by atoms with Gasteiger partial charge in [-0.3, -0.25) is 9.59 Å². The molecule has 0 aromatic carbocycles. The van der Waals surface area contributed by atoms with Gasteiger partial charge in [0.2, 0.25) is 12.2 Å². The fourth-order valence-corrected chi connectivity index (χ4v) is 5.90. The van der Waals surface area contributed by atoms with Crippen molar-refractivity contribution in [2.75, 3.05) is 26.9 Å². The number of nitrogens with zero attached hydrogens (tertiary/aromatic N) is 2. The Bertz CT molecular complexity index is 1080. The predicted molar refractivity (Wildman–Crippen MR) is 152 cm³/mol. The van der Waals surface area contributed by atoms with Gasteiger partial charge in [-0.05, 0) is 12.3 Å². The number of aliphatic hydroxyl groups is 2. The molecule has 1 fully saturated rings. The summed E-state index contributed by atoms with van der Waals surface area (Å²) in [5, 5.41) is 18.3. The maximum Gasteiger partial charge on any atom is 0.511 e. The molecule has 41 heavy (non-hydrogen) atoms. The van der Waals surface area contributed by atoms with E-state index in [1.165, 1.54) is 42.5 Å². The third-order valence-corrected chi connectivity index (χ3v) is 8.07. The van der Waals surface area contributed by atoms with Crippen LogP contribution in [0.2, 0.25) is 0 Å². The summed E-state index contributed by atoms with van der Waals surface area (Å²) in [4.78, 5) is 51.2. The lowest BCUT2D eigenvalue weighted by Crippen LogP contribution is -2.65. The molecule has 2 N–H and O–H groups in total. The zero-order valence-electron chi connectivity index (χ0n) is 24.6. The van der Waals surface area contributed by atoms with Crippen molar-refractivity contribution >= 4 is 47.1 Å². The summed E-state index contributed by atoms with van der Waals surface area (Å²) in [6, 6.07) is -0.172. The number of aliphatic hydroxyl groups excluding tert-OH is 2. The summed E-state index contributed by atoms with van der Waals surface area (Å²) in [5.74, 6) is 0.942. The monoisotopic (exact) mass is 616 g/mol. The maximum absolute atomic E-state index is 12.0. The first-order valence-corrected chi connectivity index (χ1v) is 14.6. The fraction of sp³-hybridized carbons (Fsp3) is 0.667. The van der Waals surface area contributed by atoms with Gasteiger partial charge in [0.15, 0.2) is 5.69 Å². The molecule has 0 saturated carbocycles. The van der Waals surface area contributed by atoms with Crippen molar-refractivity contribution in [3.8, 4) is 12.3 Å². The van der Waals surface area contributed by atoms with Crippen molar-refractivity contribution in [1.82, 2.24) is 9.88 Å². The van der Waals surface area contributed by atoms with Gasteiger partial charge in [-0.15, -0.1) is 17.8 Å². The number of β-lactam (4-membered cyclic amide) rings is 1. The lowest BCUT2D eigenvalue weighted by atomic mass is 9.76. The minimum atomic E-state index is -0.921. The molecule has 1 aromatic rings. The lowest BCUT2D eigenvalue weighted by molar-refractivity contribution is -0.166. The minimum Gasteiger partial charge on any atom is -0.458 e. The van der Waals surface area contributed by atoms with Crippen molar-refractivity contribution in [3.63, 3.8) is 0 Å². The van der Waals surface area contributed by atoms with E-state index in [2.05, 4.69) is 20.4 Å². The third kappa shape index (κ3) is 11.5. The van der Waals surface area contributed by atoms with E-state index in [9.17, 15) is 24.3 Å². The molecule has 0 spiro atoms. The van der Waals surface area contributed by atoms with Crippen LogP contribution in [0, 0.1) is 29.6 Å². The van der Waals surface area contributed by atoms with E-state index < -0.39 is 36.4 Å². The number of amides is 1. The van der Waals surface area contributed by atoms with E-state index in [1.54, 1.807) is 18.9 Å². The molecule has 1 amide bonds. The van der Waals surface area contributed by atoms with Crippen molar-refractivity contribution in [3.05, 3.63) is 11.2 Å². The van der Waals surface area contributed by atoms with Gasteiger partial charge in [-0.1, -0.05) is 45.4 Å². The summed E-state index contributed by atoms with van der Waals surface area (Å²) in [6.45, 7) is 11.9. The van der Waals surface area contributed by atoms with E-state index in [4.69, 9.17) is 21.0 Å². The smallest absolute Gasteiger partial charge is 0.458 e. The minimum absolute atomic E-state index is 0.0938. The molecule has 0 aliphatic carbocycles. The molecule has 1 saturated heterocycles. The van der Waals surface area contributed by atoms with Crippen molar-refractivity contribution in [2.24, 2.45) is 17.3 Å². The van der Waals surface area contributed by atoms with Gasteiger partial charge in [0.05, 0.1) is 46.2 Å². The molecule has 3 unspecified atom stereocenters. The number of carbonyl (C=O) groups is 4. The number of aromatic nitrogens is 1. The first-order chi connectivity index (χ1) is 19.0. The number of hydrogen-bond donors (Lipinski definition) is 2. The number of hydrogen-bond acceptors (Lipinski definition) is 13. The highest BCUT2D eigenvalue weighted by atomic mass is 32.2. The van der Waals surface area contributed by atoms with Crippen molar-refractivity contribution < 1.29 is 48.3 Å². The SMILES string of the molecule is C#CC(Sc1scnc1C(=O)OCCO)[C@H](C)C1[C@@H]([C@@H](C)O)C(=O)N1C.CC(=O)OC(C)OC(=O)OCC(C)(C)C. The van der Waals surface area contributed by atoms with Crippen LogP contribution < -0.4 is 0 Å². The van der Waals surface area contributed by atoms with E-state index in [-0.39, 0.29) is 54.0 Å². The van der Waals surface area contributed by atoms with E-state index in [1.807, 2.05) is 27.7 Å². The molecule has 2 heterocycles. The Balaban J connectivity index is 0.000000479. The Morgan fingerprint density at radius 1 is 1.22 bits per heavy atom. The van der Waals surface area contributed by atoms with Crippen LogP contribution in [-0.4, -0.2) is 94.7 Å². The highest BCUT2D eigenvalue weighted by Crippen LogP contribution is 2.41. The van der Waals surface area contributed by atoms with Gasteiger partial charge in [0, 0.05) is 26.8 Å². The van der Waals surface area contributed by atoms with Gasteiger partial charge in [0.25, 0.3) is 0 Å². The maximum atomic E-state index is 12.0. The van der Waals surface area contributed by atoms with Crippen LogP contribution in [0.15, 0.2) is 9.72 Å². The molecule has 2 rings (SSSR count). The van der Waals surface area contributed by atoms with Crippen LogP contribution >= 0.6 is 23.1 Å². The van der Waals surface area contributed by atoms with E-state index >= 15 is 0 Å². The van der Waals surface area contributed by atoms with Gasteiger partial charge < -0.3 is 34.1 Å². The molecule has 230 valence electrons. The summed E-state index contributed by atoms with van der Waals surface area (Å²) in [7, 11) is 1.70. The number of likely N-dealkylation sites (tertiary alicyclic amines) is 1. The molecular weight excluding hydrogens is 576 g/mol. The number of esters is 2. The zero-order chi connectivity index (χ0) is 31.5. The predicted octanol–water partition coefficient (Wildman–Crippen LogP) is 2.95. The highest BCUT2D eigenvalue weighted by molar-refractivity contribution is 8.02. The van der Waals surface area contributed by atoms with Gasteiger partial charge in [-0.25, -0.2) is 14.6 Å². The number of carbonyl (C=O) groups excluding carboxylic acids is 4. The Kier molecular flexibility index (Phi) is 14.6. The Labute approximate surface area is 249 Å². The van der Waals surface area contributed by atoms with Crippen molar-refractivity contribution in [1.29, 1.82) is 0 Å². The summed E-state index contributed by atoms with van der Waals surface area (Å²) in [5.41, 5.74) is 1.59. The number of rotatable bonds is 11. The number of thiazole rings is 1. The van der Waals surface area contributed by atoms with Gasteiger partial charge in [0.1, 0.15) is 6.61 Å². The van der Waals surface area contributed by atoms with Crippen LogP contribution in [-0.2, 0) is 28.5 Å². The first-order valence-electron chi connectivity index (χ1n) is 12.8. The molecule has 12 nitrogen and oxygen atoms in total. The molecule has 0 radical (unpaired) electrons. The second-order valence-corrected chi connectivity index (χ2v) is 12.8. The molecule has 1 aromatic heterocycles. The van der Waals surface area contributed by atoms with Crippen LogP contribution in [0.4, 0.5) is 4.79 Å². The topological polar surface area (TPSA) is 162 Å². The Morgan fingerprint density at radius 2 is 1.85 bits per heavy atom. The molecule has 0 bridgehead atoms. The van der Waals surface area contributed by atoms with Crippen LogP contribution in [0.1, 0.15) is 59.0 Å². The van der Waals surface area contributed by atoms with Crippen molar-refractivity contribution in [2.45, 2.75) is 76.4 Å². The normalized spacial score (nSPS) is 19.2. The Hall–Kier alpha value is -2.86. The zero-order valence-corrected chi connectivity index (χ0v) is 26.2. The summed E-state index contributed by atoms with van der Waals surface area (Å²) in [6.07, 6.45) is 3.21. The molecule has 1 aliphatic heterocycles. The van der Waals surface area contributed by atoms with Gasteiger partial charge >= 0.3 is 18.1 Å². The summed E-state index contributed by atoms with van der Waals surface area (Å²) >= 11 is 2.60. The molecule has 14 heteroatoms. The van der Waals surface area contributed by atoms with Crippen LogP contribution in [0.25, 0.3) is 0 Å². The van der Waals surface area contributed by atoms with Crippen LogP contribution in [0.5, 0.6) is 0 Å². The largest absolute Gasteiger partial charge is 0.511 e. The Morgan fingerprint density at radius 3 is 2.37 bits per heavy atom. The van der Waals surface area contributed by atoms with E-state index in [0.29, 0.717) is 4.21 Å². The average molecular weight is 617 g/mol. The van der Waals surface area contributed by atoms with Crippen LogP contribution in [0.3, 0.4) is 0 Å². The second kappa shape index (κ2) is 16.5. The third-order valence-electron chi connectivity index (χ3n) is 5.65. The quantitative estimate of drug-likeness (QED) is 0.0935. The number of thioether (sulfide) groups is 1. The average Bonchev–Trinajstić information content (AvgIpc) is 3.34. The lowest BCUT2D eigenvalue weighted by Gasteiger charge is -2.50. The standard InChI is InChI=1S/C17H22N2O5S2.C10H18O5/c1-5-11(9(2)14-12(10(3)21)15(22)19(14)4)26-17-13(18-8-25-17)16(23)24-7-6-20;1-7(11)14-8(2)15-9(12)13-6-10(3,4)5/h1,8-12,14,20-21H,6-7H2,2-4H3;8H,6H2,1-5H3/t9-,10+,11?,12+,14?;/m0./s1. The second-order valence-electron chi connectivity index (χ2n) is 10.5. The fourth-order valence-electron chi connectivity index (χ4n) is 3.81. The summed E-state index contributed by atoms with van der Waals surface area (Å²) < 4.78 is 19.6. The first kappa shape index (κ1) is 36.2. The molecule has 6 atom stereocenters. The number of terminal acetylenes is 1. The molecular formula is C27H40N2O10S2.